The first-order valence-electron chi connectivity index (χ1n) is 9.68. The lowest BCUT2D eigenvalue weighted by Crippen LogP contribution is -2.57. The maximum Gasteiger partial charge on any atom is 0.293 e. The molecule has 9 nitrogen and oxygen atoms in total. The van der Waals surface area contributed by atoms with Crippen molar-refractivity contribution in [2.24, 2.45) is 5.92 Å². The van der Waals surface area contributed by atoms with Gasteiger partial charge in [-0.1, -0.05) is 0 Å². The lowest BCUT2D eigenvalue weighted by Gasteiger charge is -2.42. The van der Waals surface area contributed by atoms with E-state index in [1.165, 1.54) is 0 Å². The molecule has 152 valence electrons. The third kappa shape index (κ3) is 3.72. The Labute approximate surface area is 168 Å². The Kier molecular flexibility index (Phi) is 4.60. The first-order valence-corrected chi connectivity index (χ1v) is 9.68. The second-order valence-corrected chi connectivity index (χ2v) is 8.59. The molecule has 2 N–H and O–H groups in total. The zero-order valence-electron chi connectivity index (χ0n) is 17.0. The quantitative estimate of drug-likeness (QED) is 0.700. The SMILES string of the molecule is CC(NC(=O)c1ccc2[nH]ncc2c1)C1CN(C(=O)c2ncn(C(C)(C)C)n2)C1. The van der Waals surface area contributed by atoms with Gasteiger partial charge >= 0.3 is 0 Å². The van der Waals surface area contributed by atoms with Crippen LogP contribution in [0, 0.1) is 5.92 Å². The molecule has 1 unspecified atom stereocenters. The number of benzene rings is 1. The molecule has 0 radical (unpaired) electrons. The Morgan fingerprint density at radius 2 is 2.03 bits per heavy atom. The molecule has 1 aliphatic rings. The molecule has 4 rings (SSSR count). The van der Waals surface area contributed by atoms with E-state index < -0.39 is 0 Å². The van der Waals surface area contributed by atoms with Crippen molar-refractivity contribution < 1.29 is 9.59 Å². The van der Waals surface area contributed by atoms with Crippen LogP contribution in [0.2, 0.25) is 0 Å². The van der Waals surface area contributed by atoms with Crippen molar-refractivity contribution in [3.63, 3.8) is 0 Å². The topological polar surface area (TPSA) is 109 Å². The predicted molar refractivity (Wildman–Crippen MR) is 107 cm³/mol. The standard InChI is InChI=1S/C20H25N7O2/c1-12(23-18(28)13-5-6-16-14(7-13)8-22-24-16)15-9-26(10-15)19(29)17-21-11-27(25-17)20(2,3)4/h5-8,11-12,15H,9-10H2,1-4H3,(H,22,24)(H,23,28). The Bertz CT molecular complexity index is 1060. The van der Waals surface area contributed by atoms with Gasteiger partial charge in [0.25, 0.3) is 11.8 Å². The van der Waals surface area contributed by atoms with Crippen molar-refractivity contribution in [3.05, 3.63) is 42.1 Å². The van der Waals surface area contributed by atoms with Crippen molar-refractivity contribution in [2.75, 3.05) is 13.1 Å². The number of hydrogen-bond donors (Lipinski definition) is 2. The van der Waals surface area contributed by atoms with Gasteiger partial charge in [0.05, 0.1) is 17.3 Å². The molecular weight excluding hydrogens is 370 g/mol. The predicted octanol–water partition coefficient (Wildman–Crippen LogP) is 1.80. The minimum Gasteiger partial charge on any atom is -0.349 e. The Morgan fingerprint density at radius 1 is 1.28 bits per heavy atom. The summed E-state index contributed by atoms with van der Waals surface area (Å²) in [6.07, 6.45) is 3.28. The first-order chi connectivity index (χ1) is 13.7. The van der Waals surface area contributed by atoms with Crippen LogP contribution in [-0.2, 0) is 5.54 Å². The summed E-state index contributed by atoms with van der Waals surface area (Å²) < 4.78 is 1.69. The first kappa shape index (κ1) is 19.1. The Morgan fingerprint density at radius 3 is 2.72 bits per heavy atom. The van der Waals surface area contributed by atoms with Gasteiger partial charge < -0.3 is 10.2 Å². The lowest BCUT2D eigenvalue weighted by atomic mass is 9.92. The summed E-state index contributed by atoms with van der Waals surface area (Å²) in [7, 11) is 0. The van der Waals surface area contributed by atoms with Gasteiger partial charge in [0.15, 0.2) is 0 Å². The molecule has 1 saturated heterocycles. The average Bonchev–Trinajstić information content (AvgIpc) is 3.28. The fourth-order valence-corrected chi connectivity index (χ4v) is 3.31. The fourth-order valence-electron chi connectivity index (χ4n) is 3.31. The van der Waals surface area contributed by atoms with Gasteiger partial charge in [-0.3, -0.25) is 14.7 Å². The molecule has 0 bridgehead atoms. The molecule has 3 aromatic rings. The maximum absolute atomic E-state index is 12.6. The van der Waals surface area contributed by atoms with Crippen LogP contribution in [-0.4, -0.2) is 60.8 Å². The molecule has 3 heterocycles. The summed E-state index contributed by atoms with van der Waals surface area (Å²) in [6.45, 7) is 9.13. The number of aromatic amines is 1. The number of likely N-dealkylation sites (tertiary alicyclic amines) is 1. The second kappa shape index (κ2) is 6.98. The number of hydrogen-bond acceptors (Lipinski definition) is 5. The molecule has 1 atom stereocenters. The highest BCUT2D eigenvalue weighted by Gasteiger charge is 2.37. The molecule has 0 aliphatic carbocycles. The molecular formula is C20H25N7O2. The van der Waals surface area contributed by atoms with Crippen molar-refractivity contribution in [1.29, 1.82) is 0 Å². The summed E-state index contributed by atoms with van der Waals surface area (Å²) in [6, 6.07) is 5.38. The molecule has 9 heteroatoms. The molecule has 2 amide bonds. The minimum absolute atomic E-state index is 0.0494. The van der Waals surface area contributed by atoms with Crippen LogP contribution < -0.4 is 5.32 Å². The van der Waals surface area contributed by atoms with Crippen LogP contribution >= 0.6 is 0 Å². The molecule has 2 aromatic heterocycles. The van der Waals surface area contributed by atoms with Crippen LogP contribution in [0.15, 0.2) is 30.7 Å². The molecule has 0 saturated carbocycles. The largest absolute Gasteiger partial charge is 0.349 e. The summed E-state index contributed by atoms with van der Waals surface area (Å²) in [4.78, 5) is 31.0. The number of carbonyl (C=O) groups is 2. The number of carbonyl (C=O) groups excluding carboxylic acids is 2. The van der Waals surface area contributed by atoms with Crippen molar-refractivity contribution in [1.82, 2.24) is 35.2 Å². The number of nitrogens with one attached hydrogen (secondary N) is 2. The highest BCUT2D eigenvalue weighted by atomic mass is 16.2. The molecule has 1 aliphatic heterocycles. The number of H-pyrrole nitrogens is 1. The van der Waals surface area contributed by atoms with Gasteiger partial charge in [0.2, 0.25) is 5.82 Å². The van der Waals surface area contributed by atoms with E-state index >= 15 is 0 Å². The number of aromatic nitrogens is 5. The van der Waals surface area contributed by atoms with E-state index in [0.717, 1.165) is 10.9 Å². The van der Waals surface area contributed by atoms with Crippen LogP contribution in [0.25, 0.3) is 10.9 Å². The normalized spacial score (nSPS) is 15.9. The van der Waals surface area contributed by atoms with E-state index in [0.29, 0.717) is 18.7 Å². The van der Waals surface area contributed by atoms with Gasteiger partial charge in [-0.2, -0.15) is 5.10 Å². The summed E-state index contributed by atoms with van der Waals surface area (Å²) in [5, 5.41) is 15.1. The van der Waals surface area contributed by atoms with Gasteiger partial charge in [-0.25, -0.2) is 9.67 Å². The highest BCUT2D eigenvalue weighted by molar-refractivity contribution is 5.98. The van der Waals surface area contributed by atoms with Crippen molar-refractivity contribution >= 4 is 22.7 Å². The fraction of sp³-hybridized carbons (Fsp3) is 0.450. The van der Waals surface area contributed by atoms with Gasteiger partial charge in [-0.15, -0.1) is 5.10 Å². The third-order valence-electron chi connectivity index (χ3n) is 5.34. The molecule has 1 fully saturated rings. The van der Waals surface area contributed by atoms with Gasteiger partial charge in [0.1, 0.15) is 6.33 Å². The smallest absolute Gasteiger partial charge is 0.293 e. The van der Waals surface area contributed by atoms with Crippen LogP contribution in [0.1, 0.15) is 48.7 Å². The van der Waals surface area contributed by atoms with Gasteiger partial charge in [-0.05, 0) is 45.9 Å². The van der Waals surface area contributed by atoms with E-state index in [9.17, 15) is 9.59 Å². The van der Waals surface area contributed by atoms with E-state index in [2.05, 4.69) is 25.6 Å². The molecule has 1 aromatic carbocycles. The van der Waals surface area contributed by atoms with Crippen molar-refractivity contribution in [2.45, 2.75) is 39.3 Å². The molecule has 0 spiro atoms. The summed E-state index contributed by atoms with van der Waals surface area (Å²) in [5.74, 6) is 0.109. The third-order valence-corrected chi connectivity index (χ3v) is 5.34. The van der Waals surface area contributed by atoms with Crippen molar-refractivity contribution in [3.8, 4) is 0 Å². The maximum atomic E-state index is 12.6. The van der Waals surface area contributed by atoms with Gasteiger partial charge in [0, 0.05) is 36.0 Å². The zero-order chi connectivity index (χ0) is 20.8. The monoisotopic (exact) mass is 395 g/mol. The van der Waals surface area contributed by atoms with E-state index in [-0.39, 0.29) is 35.1 Å². The van der Waals surface area contributed by atoms with E-state index in [4.69, 9.17) is 0 Å². The van der Waals surface area contributed by atoms with Crippen LogP contribution in [0.5, 0.6) is 0 Å². The minimum atomic E-state index is -0.221. The summed E-state index contributed by atoms with van der Waals surface area (Å²) in [5.41, 5.74) is 1.27. The number of fused-ring (bicyclic) bond motifs is 1. The Hall–Kier alpha value is -3.23. The molecule has 29 heavy (non-hydrogen) atoms. The average molecular weight is 395 g/mol. The zero-order valence-corrected chi connectivity index (χ0v) is 17.0. The van der Waals surface area contributed by atoms with Crippen LogP contribution in [0.4, 0.5) is 0 Å². The van der Waals surface area contributed by atoms with Crippen LogP contribution in [0.3, 0.4) is 0 Å². The number of rotatable bonds is 4. The highest BCUT2D eigenvalue weighted by Crippen LogP contribution is 2.22. The van der Waals surface area contributed by atoms with E-state index in [1.807, 2.05) is 39.8 Å². The lowest BCUT2D eigenvalue weighted by molar-refractivity contribution is 0.0417. The second-order valence-electron chi connectivity index (χ2n) is 8.59. The number of nitrogens with zero attached hydrogens (tertiary/aromatic N) is 5. The van der Waals surface area contributed by atoms with E-state index in [1.54, 1.807) is 28.2 Å². The Balaban J connectivity index is 1.32. The number of amides is 2. The summed E-state index contributed by atoms with van der Waals surface area (Å²) >= 11 is 0.